The van der Waals surface area contributed by atoms with Crippen LogP contribution in [0.4, 0.5) is 4.79 Å². The van der Waals surface area contributed by atoms with Crippen molar-refractivity contribution in [1.29, 1.82) is 0 Å². The molecule has 2 rings (SSSR count). The van der Waals surface area contributed by atoms with Crippen molar-refractivity contribution in [1.82, 2.24) is 9.80 Å². The van der Waals surface area contributed by atoms with Gasteiger partial charge in [-0.15, -0.1) is 0 Å². The summed E-state index contributed by atoms with van der Waals surface area (Å²) >= 11 is 5.91. The van der Waals surface area contributed by atoms with Crippen LogP contribution < -0.4 is 0 Å². The highest BCUT2D eigenvalue weighted by atomic mass is 35.5. The molecule has 1 fully saturated rings. The van der Waals surface area contributed by atoms with E-state index < -0.39 is 0 Å². The number of benzene rings is 1. The third-order valence-electron chi connectivity index (χ3n) is 3.61. The normalized spacial score (nSPS) is 16.0. The highest BCUT2D eigenvalue weighted by molar-refractivity contribution is 6.30. The van der Waals surface area contributed by atoms with Gasteiger partial charge in [0.25, 0.3) is 0 Å². The van der Waals surface area contributed by atoms with Crippen molar-refractivity contribution >= 4 is 17.7 Å². The van der Waals surface area contributed by atoms with E-state index in [4.69, 9.17) is 16.3 Å². The zero-order valence-corrected chi connectivity index (χ0v) is 13.0. The summed E-state index contributed by atoms with van der Waals surface area (Å²) < 4.78 is 5.34. The van der Waals surface area contributed by atoms with Gasteiger partial charge in [-0.05, 0) is 30.7 Å². The zero-order chi connectivity index (χ0) is 15.1. The average Bonchev–Trinajstić information content (AvgIpc) is 2.51. The molecule has 21 heavy (non-hydrogen) atoms. The molecule has 0 spiro atoms. The molecule has 0 unspecified atom stereocenters. The van der Waals surface area contributed by atoms with E-state index in [2.05, 4.69) is 11.8 Å². The number of ether oxygens (including phenoxy) is 1. The summed E-state index contributed by atoms with van der Waals surface area (Å²) in [7, 11) is 0. The van der Waals surface area contributed by atoms with Crippen LogP contribution in [0.25, 0.3) is 0 Å². The maximum atomic E-state index is 12.0. The Morgan fingerprint density at radius 3 is 2.71 bits per heavy atom. The number of hydrogen-bond acceptors (Lipinski definition) is 3. The smallest absolute Gasteiger partial charge is 0.410 e. The molecule has 1 aromatic rings. The summed E-state index contributed by atoms with van der Waals surface area (Å²) in [5, 5.41) is 0.655. The molecular formula is C16H22ClN2O2. The predicted octanol–water partition coefficient (Wildman–Crippen LogP) is 3.21. The number of hydrogen-bond donors (Lipinski definition) is 0. The third-order valence-corrected chi connectivity index (χ3v) is 3.84. The van der Waals surface area contributed by atoms with Gasteiger partial charge < -0.3 is 9.64 Å². The first-order valence-electron chi connectivity index (χ1n) is 7.37. The average molecular weight is 310 g/mol. The summed E-state index contributed by atoms with van der Waals surface area (Å²) in [6, 6.07) is 7.37. The van der Waals surface area contributed by atoms with Gasteiger partial charge in [-0.1, -0.05) is 37.1 Å². The molecule has 0 atom stereocenters. The molecule has 0 aromatic heterocycles. The van der Waals surface area contributed by atoms with Crippen LogP contribution in [0.5, 0.6) is 0 Å². The summed E-state index contributed by atoms with van der Waals surface area (Å²) in [4.78, 5) is 16.2. The Labute approximate surface area is 131 Å². The van der Waals surface area contributed by atoms with Crippen LogP contribution in [0.2, 0.25) is 5.02 Å². The van der Waals surface area contributed by atoms with Gasteiger partial charge >= 0.3 is 6.09 Å². The largest absolute Gasteiger partial charge is 0.445 e. The van der Waals surface area contributed by atoms with Crippen LogP contribution in [0.3, 0.4) is 0 Å². The number of amides is 1. The van der Waals surface area contributed by atoms with Crippen molar-refractivity contribution < 1.29 is 9.53 Å². The first-order valence-corrected chi connectivity index (χ1v) is 7.74. The second-order valence-electron chi connectivity index (χ2n) is 5.22. The van der Waals surface area contributed by atoms with E-state index in [1.807, 2.05) is 18.2 Å². The minimum atomic E-state index is -0.244. The van der Waals surface area contributed by atoms with Crippen LogP contribution in [-0.4, -0.2) is 48.6 Å². The number of piperazine rings is 1. The van der Waals surface area contributed by atoms with Crippen molar-refractivity contribution in [2.24, 2.45) is 0 Å². The molecule has 1 amide bonds. The van der Waals surface area contributed by atoms with Gasteiger partial charge in [0, 0.05) is 31.2 Å². The number of carbonyl (C=O) groups is 1. The maximum absolute atomic E-state index is 12.0. The lowest BCUT2D eigenvalue weighted by Crippen LogP contribution is -2.48. The molecular weight excluding hydrogens is 288 g/mol. The van der Waals surface area contributed by atoms with E-state index in [0.717, 1.165) is 51.1 Å². The maximum Gasteiger partial charge on any atom is 0.410 e. The number of halogens is 1. The SMILES string of the molecule is [CH2]CCCN1CCN(C(=O)OCc2cccc(Cl)c2)CC1. The Bertz CT molecular complexity index is 459. The minimum absolute atomic E-state index is 0.244. The number of nitrogens with zero attached hydrogens (tertiary/aromatic N) is 2. The molecule has 0 bridgehead atoms. The standard InChI is InChI=1S/C16H22ClN2O2/c1-2-3-7-18-8-10-19(11-9-18)16(20)21-13-14-5-4-6-15(17)12-14/h4-6,12H,1-3,7-11,13H2. The molecule has 1 aromatic carbocycles. The highest BCUT2D eigenvalue weighted by Gasteiger charge is 2.21. The molecule has 0 saturated carbocycles. The fraction of sp³-hybridized carbons (Fsp3) is 0.500. The van der Waals surface area contributed by atoms with Crippen LogP contribution in [-0.2, 0) is 11.3 Å². The van der Waals surface area contributed by atoms with Crippen molar-refractivity contribution in [2.45, 2.75) is 19.4 Å². The van der Waals surface area contributed by atoms with E-state index >= 15 is 0 Å². The lowest BCUT2D eigenvalue weighted by atomic mass is 10.2. The van der Waals surface area contributed by atoms with Crippen molar-refractivity contribution in [3.8, 4) is 0 Å². The van der Waals surface area contributed by atoms with Crippen molar-refractivity contribution in [2.75, 3.05) is 32.7 Å². The number of rotatable bonds is 5. The Hall–Kier alpha value is -1.26. The number of unbranched alkanes of at least 4 members (excludes halogenated alkanes) is 1. The van der Waals surface area contributed by atoms with Crippen LogP contribution in [0.1, 0.15) is 18.4 Å². The van der Waals surface area contributed by atoms with E-state index in [0.29, 0.717) is 5.02 Å². The van der Waals surface area contributed by atoms with E-state index in [1.165, 1.54) is 0 Å². The monoisotopic (exact) mass is 309 g/mol. The summed E-state index contributed by atoms with van der Waals surface area (Å²) in [6.07, 6.45) is 1.83. The fourth-order valence-electron chi connectivity index (χ4n) is 2.35. The fourth-order valence-corrected chi connectivity index (χ4v) is 2.57. The van der Waals surface area contributed by atoms with Gasteiger partial charge in [0.05, 0.1) is 0 Å². The lowest BCUT2D eigenvalue weighted by molar-refractivity contribution is 0.0715. The molecule has 1 radical (unpaired) electrons. The van der Waals surface area contributed by atoms with Crippen molar-refractivity contribution in [3.63, 3.8) is 0 Å². The molecule has 0 N–H and O–H groups in total. The van der Waals surface area contributed by atoms with Crippen molar-refractivity contribution in [3.05, 3.63) is 41.8 Å². The second kappa shape index (κ2) is 8.25. The van der Waals surface area contributed by atoms with Gasteiger partial charge in [0.2, 0.25) is 0 Å². The molecule has 1 aliphatic heterocycles. The van der Waals surface area contributed by atoms with Crippen LogP contribution >= 0.6 is 11.6 Å². The minimum Gasteiger partial charge on any atom is -0.445 e. The Morgan fingerprint density at radius 2 is 2.05 bits per heavy atom. The molecule has 0 aliphatic carbocycles. The first kappa shape index (κ1) is 16.1. The van der Waals surface area contributed by atoms with E-state index in [1.54, 1.807) is 11.0 Å². The molecule has 1 saturated heterocycles. The predicted molar refractivity (Wildman–Crippen MR) is 84.2 cm³/mol. The first-order chi connectivity index (χ1) is 10.2. The Morgan fingerprint density at radius 1 is 1.29 bits per heavy atom. The summed E-state index contributed by atoms with van der Waals surface area (Å²) in [5.41, 5.74) is 0.907. The highest BCUT2D eigenvalue weighted by Crippen LogP contribution is 2.12. The zero-order valence-electron chi connectivity index (χ0n) is 12.3. The number of carbonyl (C=O) groups excluding carboxylic acids is 1. The van der Waals surface area contributed by atoms with Gasteiger partial charge in [-0.25, -0.2) is 4.79 Å². The molecule has 1 heterocycles. The molecule has 115 valence electrons. The Balaban J connectivity index is 1.72. The Kier molecular flexibility index (Phi) is 6.33. The third kappa shape index (κ3) is 5.21. The second-order valence-corrected chi connectivity index (χ2v) is 5.66. The molecule has 5 heteroatoms. The van der Waals surface area contributed by atoms with Crippen LogP contribution in [0.15, 0.2) is 24.3 Å². The summed E-state index contributed by atoms with van der Waals surface area (Å²) in [5.74, 6) is 0. The molecule has 1 aliphatic rings. The van der Waals surface area contributed by atoms with E-state index in [-0.39, 0.29) is 12.7 Å². The molecule has 4 nitrogen and oxygen atoms in total. The van der Waals surface area contributed by atoms with Gasteiger partial charge in [-0.3, -0.25) is 4.90 Å². The van der Waals surface area contributed by atoms with Gasteiger partial charge in [-0.2, -0.15) is 0 Å². The quantitative estimate of drug-likeness (QED) is 0.837. The topological polar surface area (TPSA) is 32.8 Å². The van der Waals surface area contributed by atoms with Crippen LogP contribution in [0, 0.1) is 6.92 Å². The van der Waals surface area contributed by atoms with Gasteiger partial charge in [0.15, 0.2) is 0 Å². The summed E-state index contributed by atoms with van der Waals surface area (Å²) in [6.45, 7) is 8.45. The van der Waals surface area contributed by atoms with E-state index in [9.17, 15) is 4.79 Å². The van der Waals surface area contributed by atoms with Gasteiger partial charge in [0.1, 0.15) is 6.61 Å². The lowest BCUT2D eigenvalue weighted by Gasteiger charge is -2.34.